The maximum Gasteiger partial charge on any atom is 0.247 e. The molecule has 7 heteroatoms. The van der Waals surface area contributed by atoms with Crippen molar-refractivity contribution in [2.24, 2.45) is 0 Å². The van der Waals surface area contributed by atoms with Crippen LogP contribution in [0, 0.1) is 5.82 Å². The van der Waals surface area contributed by atoms with Crippen LogP contribution in [0.25, 0.3) is 11.5 Å². The molecule has 0 bridgehead atoms. The fraction of sp³-hybridized carbons (Fsp3) is 0.176. The Bertz CT molecular complexity index is 803. The zero-order valence-corrected chi connectivity index (χ0v) is 12.8. The summed E-state index contributed by atoms with van der Waals surface area (Å²) in [5.41, 5.74) is 1.62. The molecule has 3 aromatic rings. The molecule has 3 rings (SSSR count). The molecule has 1 aromatic carbocycles. The van der Waals surface area contributed by atoms with E-state index in [9.17, 15) is 9.18 Å². The van der Waals surface area contributed by atoms with Crippen molar-refractivity contribution in [2.45, 2.75) is 19.4 Å². The molecule has 0 radical (unpaired) electrons. The largest absolute Gasteiger partial charge is 0.421 e. The zero-order valence-electron chi connectivity index (χ0n) is 12.8. The molecule has 0 spiro atoms. The number of rotatable bonds is 6. The van der Waals surface area contributed by atoms with Crippen molar-refractivity contribution in [3.63, 3.8) is 0 Å². The lowest BCUT2D eigenvalue weighted by Crippen LogP contribution is -2.23. The average Bonchev–Trinajstić information content (AvgIpc) is 3.09. The van der Waals surface area contributed by atoms with Crippen LogP contribution in [0.4, 0.5) is 4.39 Å². The molecule has 1 N–H and O–H groups in total. The van der Waals surface area contributed by atoms with Gasteiger partial charge in [0.1, 0.15) is 5.82 Å². The summed E-state index contributed by atoms with van der Waals surface area (Å²) in [6, 6.07) is 9.46. The highest BCUT2D eigenvalue weighted by Gasteiger charge is 2.10. The minimum Gasteiger partial charge on any atom is -0.421 e. The second kappa shape index (κ2) is 7.45. The van der Waals surface area contributed by atoms with Gasteiger partial charge in [0.05, 0.1) is 0 Å². The third-order valence-corrected chi connectivity index (χ3v) is 3.36. The molecule has 0 aliphatic rings. The number of nitrogens with zero attached hydrogens (tertiary/aromatic N) is 3. The topological polar surface area (TPSA) is 80.9 Å². The molecule has 0 aliphatic carbocycles. The summed E-state index contributed by atoms with van der Waals surface area (Å²) < 4.78 is 18.4. The number of carbonyl (C=O) groups excluding carboxylic acids is 1. The van der Waals surface area contributed by atoms with Crippen molar-refractivity contribution < 1.29 is 13.6 Å². The Morgan fingerprint density at radius 2 is 1.83 bits per heavy atom. The van der Waals surface area contributed by atoms with Crippen LogP contribution in [-0.4, -0.2) is 21.1 Å². The monoisotopic (exact) mass is 326 g/mol. The number of halogens is 1. The van der Waals surface area contributed by atoms with Crippen LogP contribution in [0.1, 0.15) is 17.9 Å². The molecular weight excluding hydrogens is 311 g/mol. The summed E-state index contributed by atoms with van der Waals surface area (Å²) in [6.45, 7) is 0.450. The van der Waals surface area contributed by atoms with E-state index in [2.05, 4.69) is 20.5 Å². The summed E-state index contributed by atoms with van der Waals surface area (Å²) in [5, 5.41) is 10.6. The average molecular weight is 326 g/mol. The molecule has 0 saturated heterocycles. The Kier molecular flexibility index (Phi) is 4.90. The van der Waals surface area contributed by atoms with Crippen molar-refractivity contribution in [2.75, 3.05) is 0 Å². The number of carbonyl (C=O) groups is 1. The van der Waals surface area contributed by atoms with Crippen molar-refractivity contribution in [1.82, 2.24) is 20.5 Å². The Labute approximate surface area is 137 Å². The molecule has 0 unspecified atom stereocenters. The van der Waals surface area contributed by atoms with Crippen LogP contribution in [0.3, 0.4) is 0 Å². The van der Waals surface area contributed by atoms with E-state index in [1.807, 2.05) is 12.1 Å². The van der Waals surface area contributed by atoms with Gasteiger partial charge in [0.2, 0.25) is 17.7 Å². The molecule has 2 heterocycles. The number of nitrogens with one attached hydrogen (secondary N) is 1. The molecule has 0 saturated carbocycles. The number of aryl methyl sites for hydroxylation is 1. The highest BCUT2D eigenvalue weighted by Crippen LogP contribution is 2.18. The predicted octanol–water partition coefficient (Wildman–Crippen LogP) is 2.52. The van der Waals surface area contributed by atoms with Gasteiger partial charge in [-0.1, -0.05) is 0 Å². The number of amides is 1. The van der Waals surface area contributed by atoms with Gasteiger partial charge in [0, 0.05) is 37.3 Å². The molecule has 24 heavy (non-hydrogen) atoms. The van der Waals surface area contributed by atoms with E-state index in [4.69, 9.17) is 4.42 Å². The number of pyridine rings is 1. The van der Waals surface area contributed by atoms with Gasteiger partial charge in [-0.3, -0.25) is 9.78 Å². The maximum atomic E-state index is 12.9. The summed E-state index contributed by atoms with van der Waals surface area (Å²) in [5.74, 6) is 0.244. The Morgan fingerprint density at radius 3 is 2.58 bits per heavy atom. The van der Waals surface area contributed by atoms with Crippen LogP contribution in [-0.2, 0) is 17.8 Å². The summed E-state index contributed by atoms with van der Waals surface area (Å²) in [4.78, 5) is 15.8. The second-order valence-corrected chi connectivity index (χ2v) is 5.14. The normalized spacial score (nSPS) is 10.5. The fourth-order valence-corrected chi connectivity index (χ4v) is 2.07. The van der Waals surface area contributed by atoms with E-state index in [1.165, 1.54) is 12.1 Å². The first-order valence-corrected chi connectivity index (χ1v) is 7.44. The summed E-state index contributed by atoms with van der Waals surface area (Å²) in [6.07, 6.45) is 3.94. The van der Waals surface area contributed by atoms with Crippen LogP contribution < -0.4 is 5.32 Å². The van der Waals surface area contributed by atoms with Gasteiger partial charge in [-0.2, -0.15) is 0 Å². The van der Waals surface area contributed by atoms with Gasteiger partial charge in [-0.25, -0.2) is 4.39 Å². The molecular formula is C17H15FN4O2. The molecule has 6 nitrogen and oxygen atoms in total. The Balaban J connectivity index is 1.50. The first-order chi connectivity index (χ1) is 11.7. The highest BCUT2D eigenvalue weighted by molar-refractivity contribution is 5.76. The van der Waals surface area contributed by atoms with Gasteiger partial charge in [0.25, 0.3) is 0 Å². The lowest BCUT2D eigenvalue weighted by Gasteiger charge is -2.03. The molecule has 1 amide bonds. The lowest BCUT2D eigenvalue weighted by molar-refractivity contribution is -0.121. The smallest absolute Gasteiger partial charge is 0.247 e. The SMILES string of the molecule is O=C(CCc1nnc(-c2ccc(F)cc2)o1)NCc1ccncc1. The van der Waals surface area contributed by atoms with Crippen LogP contribution >= 0.6 is 0 Å². The standard InChI is InChI=1S/C17H15FN4O2/c18-14-3-1-13(2-4-14)17-22-21-16(24-17)6-5-15(23)20-11-12-7-9-19-10-8-12/h1-4,7-10H,5-6,11H2,(H,20,23). The molecule has 122 valence electrons. The van der Waals surface area contributed by atoms with Crippen LogP contribution in [0.2, 0.25) is 0 Å². The third-order valence-electron chi connectivity index (χ3n) is 3.36. The molecule has 2 aromatic heterocycles. The van der Waals surface area contributed by atoms with Crippen molar-refractivity contribution in [3.05, 3.63) is 66.1 Å². The molecule has 0 atom stereocenters. The summed E-state index contributed by atoms with van der Waals surface area (Å²) in [7, 11) is 0. The van der Waals surface area contributed by atoms with E-state index >= 15 is 0 Å². The van der Waals surface area contributed by atoms with Crippen molar-refractivity contribution in [1.29, 1.82) is 0 Å². The first-order valence-electron chi connectivity index (χ1n) is 7.44. The fourth-order valence-electron chi connectivity index (χ4n) is 2.07. The summed E-state index contributed by atoms with van der Waals surface area (Å²) >= 11 is 0. The van der Waals surface area contributed by atoms with Gasteiger partial charge < -0.3 is 9.73 Å². The molecule has 0 fully saturated rings. The Morgan fingerprint density at radius 1 is 1.08 bits per heavy atom. The van der Waals surface area contributed by atoms with Crippen molar-refractivity contribution in [3.8, 4) is 11.5 Å². The lowest BCUT2D eigenvalue weighted by atomic mass is 10.2. The highest BCUT2D eigenvalue weighted by atomic mass is 19.1. The van der Waals surface area contributed by atoms with Gasteiger partial charge in [-0.15, -0.1) is 10.2 Å². The minimum atomic E-state index is -0.329. The van der Waals surface area contributed by atoms with E-state index in [-0.39, 0.29) is 18.1 Å². The Hall–Kier alpha value is -3.09. The van der Waals surface area contributed by atoms with Gasteiger partial charge in [-0.05, 0) is 42.0 Å². The van der Waals surface area contributed by atoms with Gasteiger partial charge >= 0.3 is 0 Å². The zero-order chi connectivity index (χ0) is 16.8. The minimum absolute atomic E-state index is 0.103. The van der Waals surface area contributed by atoms with E-state index in [0.29, 0.717) is 30.3 Å². The first kappa shape index (κ1) is 15.8. The van der Waals surface area contributed by atoms with Gasteiger partial charge in [0.15, 0.2) is 0 Å². The maximum absolute atomic E-state index is 12.9. The van der Waals surface area contributed by atoms with E-state index in [0.717, 1.165) is 5.56 Å². The number of aromatic nitrogens is 3. The number of hydrogen-bond donors (Lipinski definition) is 1. The number of hydrogen-bond acceptors (Lipinski definition) is 5. The number of benzene rings is 1. The quantitative estimate of drug-likeness (QED) is 0.753. The van der Waals surface area contributed by atoms with Crippen molar-refractivity contribution >= 4 is 5.91 Å². The van der Waals surface area contributed by atoms with Crippen LogP contribution in [0.5, 0.6) is 0 Å². The van der Waals surface area contributed by atoms with E-state index in [1.54, 1.807) is 24.5 Å². The second-order valence-electron chi connectivity index (χ2n) is 5.14. The molecule has 0 aliphatic heterocycles. The van der Waals surface area contributed by atoms with E-state index < -0.39 is 0 Å². The third kappa shape index (κ3) is 4.22. The van der Waals surface area contributed by atoms with Crippen LogP contribution in [0.15, 0.2) is 53.2 Å². The predicted molar refractivity (Wildman–Crippen MR) is 84.1 cm³/mol.